The summed E-state index contributed by atoms with van der Waals surface area (Å²) in [4.78, 5) is 0. The minimum Gasteiger partial charge on any atom is -0.377 e. The Kier molecular flexibility index (Phi) is 6.34. The van der Waals surface area contributed by atoms with Crippen LogP contribution in [-0.4, -0.2) is 12.1 Å². The lowest BCUT2D eigenvalue weighted by Gasteiger charge is -2.36. The molecule has 0 spiro atoms. The van der Waals surface area contributed by atoms with Crippen molar-refractivity contribution in [1.29, 1.82) is 0 Å². The number of hydrogen-bond donors (Lipinski definition) is 2. The van der Waals surface area contributed by atoms with E-state index in [9.17, 15) is 0 Å². The van der Waals surface area contributed by atoms with E-state index in [4.69, 9.17) is 5.73 Å². The van der Waals surface area contributed by atoms with Crippen LogP contribution < -0.4 is 11.1 Å². The van der Waals surface area contributed by atoms with Crippen LogP contribution >= 0.6 is 15.9 Å². The van der Waals surface area contributed by atoms with E-state index >= 15 is 0 Å². The summed E-state index contributed by atoms with van der Waals surface area (Å²) < 4.78 is 1.11. The van der Waals surface area contributed by atoms with Crippen molar-refractivity contribution in [1.82, 2.24) is 0 Å². The Balaban J connectivity index is 2.97. The lowest BCUT2D eigenvalue weighted by atomic mass is 9.84. The molecule has 0 saturated heterocycles. The van der Waals surface area contributed by atoms with E-state index in [0.717, 1.165) is 23.0 Å². The Morgan fingerprint density at radius 3 is 2.58 bits per heavy atom. The maximum absolute atomic E-state index is 6.08. The molecule has 2 atom stereocenters. The molecule has 0 bridgehead atoms. The Morgan fingerprint density at radius 2 is 2.05 bits per heavy atom. The molecule has 0 aliphatic rings. The van der Waals surface area contributed by atoms with Crippen LogP contribution in [0.5, 0.6) is 0 Å². The summed E-state index contributed by atoms with van der Waals surface area (Å²) in [6.07, 6.45) is 3.34. The number of nitrogens with one attached hydrogen (secondary N) is 1. The quantitative estimate of drug-likeness (QED) is 0.761. The summed E-state index contributed by atoms with van der Waals surface area (Å²) in [5.41, 5.74) is 8.48. The highest BCUT2D eigenvalue weighted by atomic mass is 79.9. The fourth-order valence-electron chi connectivity index (χ4n) is 2.39. The van der Waals surface area contributed by atoms with Gasteiger partial charge in [-0.1, -0.05) is 33.3 Å². The molecule has 3 N–H and O–H groups in total. The van der Waals surface area contributed by atoms with Gasteiger partial charge in [-0.15, -0.1) is 0 Å². The first-order chi connectivity index (χ1) is 8.96. The fraction of sp³-hybridized carbons (Fsp3) is 0.625. The molecule has 0 radical (unpaired) electrons. The van der Waals surface area contributed by atoms with Gasteiger partial charge in [-0.25, -0.2) is 0 Å². The highest BCUT2D eigenvalue weighted by molar-refractivity contribution is 9.10. The Bertz CT molecular complexity index is 400. The smallest absolute Gasteiger partial charge is 0.0496 e. The summed E-state index contributed by atoms with van der Waals surface area (Å²) in [6.45, 7) is 9.53. The minimum absolute atomic E-state index is 0.00819. The fourth-order valence-corrected chi connectivity index (χ4v) is 2.74. The van der Waals surface area contributed by atoms with Gasteiger partial charge in [-0.2, -0.15) is 0 Å². The maximum atomic E-state index is 6.08. The van der Waals surface area contributed by atoms with Crippen LogP contribution in [0.3, 0.4) is 0 Å². The van der Waals surface area contributed by atoms with E-state index in [1.54, 1.807) is 0 Å². The zero-order valence-corrected chi connectivity index (χ0v) is 14.2. The topological polar surface area (TPSA) is 38.0 Å². The molecule has 2 unspecified atom stereocenters. The van der Waals surface area contributed by atoms with Crippen molar-refractivity contribution in [2.24, 2.45) is 11.7 Å². The van der Waals surface area contributed by atoms with Crippen LogP contribution in [-0.2, 0) is 0 Å². The lowest BCUT2D eigenvalue weighted by molar-refractivity contribution is 0.346. The summed E-state index contributed by atoms with van der Waals surface area (Å²) in [6, 6.07) is 6.39. The zero-order chi connectivity index (χ0) is 14.5. The van der Waals surface area contributed by atoms with Gasteiger partial charge in [-0.3, -0.25) is 0 Å². The summed E-state index contributed by atoms with van der Waals surface area (Å²) in [5.74, 6) is 0.680. The first-order valence-electron chi connectivity index (χ1n) is 7.20. The molecule has 0 heterocycles. The monoisotopic (exact) mass is 326 g/mol. The molecule has 3 heteroatoms. The second-order valence-electron chi connectivity index (χ2n) is 5.66. The molecule has 108 valence electrons. The zero-order valence-electron chi connectivity index (χ0n) is 12.6. The first-order valence-corrected chi connectivity index (χ1v) is 8.00. The molecular weight excluding hydrogens is 300 g/mol. The predicted molar refractivity (Wildman–Crippen MR) is 88.7 cm³/mol. The van der Waals surface area contributed by atoms with Gasteiger partial charge in [0.2, 0.25) is 0 Å². The van der Waals surface area contributed by atoms with Crippen molar-refractivity contribution in [3.05, 3.63) is 28.2 Å². The molecule has 0 amide bonds. The van der Waals surface area contributed by atoms with Gasteiger partial charge < -0.3 is 11.1 Å². The first kappa shape index (κ1) is 16.5. The number of hydrogen-bond acceptors (Lipinski definition) is 2. The molecule has 1 aromatic carbocycles. The van der Waals surface area contributed by atoms with E-state index in [0.29, 0.717) is 12.5 Å². The van der Waals surface area contributed by atoms with Crippen molar-refractivity contribution >= 4 is 21.6 Å². The van der Waals surface area contributed by atoms with Crippen molar-refractivity contribution in [3.63, 3.8) is 0 Å². The normalized spacial score (nSPS) is 15.9. The van der Waals surface area contributed by atoms with Gasteiger partial charge in [0.1, 0.15) is 0 Å². The summed E-state index contributed by atoms with van der Waals surface area (Å²) in [7, 11) is 0. The predicted octanol–water partition coefficient (Wildman–Crippen LogP) is 4.71. The van der Waals surface area contributed by atoms with Gasteiger partial charge >= 0.3 is 0 Å². The summed E-state index contributed by atoms with van der Waals surface area (Å²) in [5, 5.41) is 3.69. The van der Waals surface area contributed by atoms with Crippen molar-refractivity contribution < 1.29 is 0 Å². The van der Waals surface area contributed by atoms with Crippen LogP contribution in [0.1, 0.15) is 45.6 Å². The average molecular weight is 327 g/mol. The van der Waals surface area contributed by atoms with Crippen molar-refractivity contribution in [2.45, 2.75) is 52.5 Å². The van der Waals surface area contributed by atoms with E-state index in [1.807, 2.05) is 0 Å². The highest BCUT2D eigenvalue weighted by Crippen LogP contribution is 2.31. The number of halogens is 1. The SMILES string of the molecule is CCC(C)CC(CC)(CN)Nc1cc(C)ccc1Br. The largest absolute Gasteiger partial charge is 0.377 e. The number of rotatable bonds is 7. The molecular formula is C16H27BrN2. The second kappa shape index (κ2) is 7.30. The third kappa shape index (κ3) is 4.50. The van der Waals surface area contributed by atoms with Crippen molar-refractivity contribution in [3.8, 4) is 0 Å². The van der Waals surface area contributed by atoms with Crippen LogP contribution in [0.15, 0.2) is 22.7 Å². The van der Waals surface area contributed by atoms with Crippen LogP contribution in [0.25, 0.3) is 0 Å². The number of benzene rings is 1. The molecule has 1 rings (SSSR count). The minimum atomic E-state index is -0.00819. The third-order valence-corrected chi connectivity index (χ3v) is 4.72. The highest BCUT2D eigenvalue weighted by Gasteiger charge is 2.28. The van der Waals surface area contributed by atoms with Crippen LogP contribution in [0.4, 0.5) is 5.69 Å². The molecule has 0 fully saturated rings. The number of nitrogens with two attached hydrogens (primary N) is 1. The molecule has 0 aromatic heterocycles. The Labute approximate surface area is 126 Å². The number of aryl methyl sites for hydroxylation is 1. The molecule has 0 aliphatic carbocycles. The Morgan fingerprint density at radius 1 is 1.37 bits per heavy atom. The van der Waals surface area contributed by atoms with Gasteiger partial charge in [0.05, 0.1) is 0 Å². The average Bonchev–Trinajstić information content (AvgIpc) is 2.41. The lowest BCUT2D eigenvalue weighted by Crippen LogP contribution is -2.46. The third-order valence-electron chi connectivity index (χ3n) is 4.03. The molecule has 2 nitrogen and oxygen atoms in total. The molecule has 0 aliphatic heterocycles. The standard InChI is InChI=1S/C16H27BrN2/c1-5-12(3)10-16(6-2,11-18)19-15-9-13(4)7-8-14(15)17/h7-9,12,19H,5-6,10-11,18H2,1-4H3. The maximum Gasteiger partial charge on any atom is 0.0496 e. The van der Waals surface area contributed by atoms with Gasteiger partial charge in [0.15, 0.2) is 0 Å². The van der Waals surface area contributed by atoms with Gasteiger partial charge in [0.25, 0.3) is 0 Å². The Hall–Kier alpha value is -0.540. The van der Waals surface area contributed by atoms with E-state index in [2.05, 4.69) is 67.1 Å². The second-order valence-corrected chi connectivity index (χ2v) is 6.52. The van der Waals surface area contributed by atoms with E-state index in [-0.39, 0.29) is 5.54 Å². The van der Waals surface area contributed by atoms with Crippen LogP contribution in [0.2, 0.25) is 0 Å². The van der Waals surface area contributed by atoms with E-state index < -0.39 is 0 Å². The number of anilines is 1. The molecule has 19 heavy (non-hydrogen) atoms. The van der Waals surface area contributed by atoms with Crippen molar-refractivity contribution in [2.75, 3.05) is 11.9 Å². The summed E-state index contributed by atoms with van der Waals surface area (Å²) >= 11 is 3.62. The molecule has 1 aromatic rings. The van der Waals surface area contributed by atoms with Gasteiger partial charge in [0, 0.05) is 22.2 Å². The van der Waals surface area contributed by atoms with Crippen LogP contribution in [0, 0.1) is 12.8 Å². The van der Waals surface area contributed by atoms with Gasteiger partial charge in [-0.05, 0) is 59.3 Å². The molecule has 0 saturated carbocycles. The van der Waals surface area contributed by atoms with E-state index in [1.165, 1.54) is 12.0 Å².